The van der Waals surface area contributed by atoms with Crippen molar-refractivity contribution in [3.8, 4) is 0 Å². The molecule has 0 aliphatic carbocycles. The fraction of sp³-hybridized carbons (Fsp3) is 0.412. The highest BCUT2D eigenvalue weighted by Gasteiger charge is 2.17. The van der Waals surface area contributed by atoms with Gasteiger partial charge in [0, 0.05) is 37.6 Å². The number of hydrogen-bond acceptors (Lipinski definition) is 4. The molecular weight excluding hydrogens is 318 g/mol. The molecule has 24 heavy (non-hydrogen) atoms. The second-order valence-corrected chi connectivity index (χ2v) is 5.95. The van der Waals surface area contributed by atoms with E-state index in [-0.39, 0.29) is 18.7 Å². The predicted octanol–water partition coefficient (Wildman–Crippen LogP) is 2.24. The summed E-state index contributed by atoms with van der Waals surface area (Å²) in [6.07, 6.45) is 1.27. The summed E-state index contributed by atoms with van der Waals surface area (Å²) in [7, 11) is 0. The van der Waals surface area contributed by atoms with Crippen LogP contribution in [0.4, 0.5) is 8.78 Å². The van der Waals surface area contributed by atoms with Gasteiger partial charge in [0.15, 0.2) is 0 Å². The molecule has 0 radical (unpaired) electrons. The van der Waals surface area contributed by atoms with Crippen LogP contribution in [0.2, 0.25) is 0 Å². The molecule has 1 aromatic carbocycles. The van der Waals surface area contributed by atoms with E-state index in [9.17, 15) is 13.6 Å². The number of aromatic nitrogens is 1. The molecule has 1 fully saturated rings. The zero-order valence-electron chi connectivity index (χ0n) is 13.1. The number of carbonyl (C=O) groups is 1. The van der Waals surface area contributed by atoms with Crippen molar-refractivity contribution in [1.29, 1.82) is 0 Å². The summed E-state index contributed by atoms with van der Waals surface area (Å²) in [5.41, 5.74) is 0.933. The number of nitrogens with one attached hydrogen (secondary N) is 1. The highest BCUT2D eigenvalue weighted by molar-refractivity contribution is 5.78. The Bertz CT molecular complexity index is 691. The number of hydrogen-bond donors (Lipinski definition) is 1. The first-order valence-electron chi connectivity index (χ1n) is 7.82. The summed E-state index contributed by atoms with van der Waals surface area (Å²) in [6, 6.07) is 4.92. The molecule has 7 heteroatoms. The molecule has 5 nitrogen and oxygen atoms in total. The van der Waals surface area contributed by atoms with E-state index in [2.05, 4.69) is 10.5 Å². The Morgan fingerprint density at radius 3 is 2.75 bits per heavy atom. The van der Waals surface area contributed by atoms with Crippen LogP contribution in [0, 0.1) is 17.6 Å². The molecule has 0 spiro atoms. The third kappa shape index (κ3) is 4.61. The van der Waals surface area contributed by atoms with Crippen LogP contribution >= 0.6 is 0 Å². The number of amides is 1. The van der Waals surface area contributed by atoms with Gasteiger partial charge in [0.05, 0.1) is 18.7 Å². The third-order valence-electron chi connectivity index (χ3n) is 3.86. The fourth-order valence-corrected chi connectivity index (χ4v) is 2.67. The molecule has 1 aliphatic rings. The van der Waals surface area contributed by atoms with E-state index in [1.165, 1.54) is 12.1 Å². The summed E-state index contributed by atoms with van der Waals surface area (Å²) in [4.78, 5) is 11.9. The first kappa shape index (κ1) is 16.6. The Morgan fingerprint density at radius 1 is 1.25 bits per heavy atom. The molecule has 3 rings (SSSR count). The van der Waals surface area contributed by atoms with Crippen LogP contribution in [0.25, 0.3) is 0 Å². The molecule has 2 aromatic rings. The maximum Gasteiger partial charge on any atom is 0.226 e. The van der Waals surface area contributed by atoms with Gasteiger partial charge in [0.2, 0.25) is 5.91 Å². The quantitative estimate of drug-likeness (QED) is 0.879. The summed E-state index contributed by atoms with van der Waals surface area (Å²) < 4.78 is 36.7. The molecule has 1 aliphatic heterocycles. The van der Waals surface area contributed by atoms with E-state index in [1.807, 2.05) is 0 Å². The topological polar surface area (TPSA) is 64.4 Å². The van der Waals surface area contributed by atoms with Crippen LogP contribution in [0.3, 0.4) is 0 Å². The fourth-order valence-electron chi connectivity index (χ4n) is 2.67. The first-order chi connectivity index (χ1) is 11.6. The van der Waals surface area contributed by atoms with Crippen LogP contribution in [0.15, 0.2) is 28.8 Å². The van der Waals surface area contributed by atoms with Crippen molar-refractivity contribution in [3.05, 3.63) is 52.9 Å². The van der Waals surface area contributed by atoms with Gasteiger partial charge < -0.3 is 14.6 Å². The van der Waals surface area contributed by atoms with Crippen molar-refractivity contribution in [2.45, 2.75) is 19.3 Å². The highest BCUT2D eigenvalue weighted by atomic mass is 19.1. The van der Waals surface area contributed by atoms with Crippen molar-refractivity contribution in [3.63, 3.8) is 0 Å². The minimum absolute atomic E-state index is 0.106. The molecule has 0 bridgehead atoms. The molecule has 2 heterocycles. The number of rotatable bonds is 6. The maximum absolute atomic E-state index is 13.2. The summed E-state index contributed by atoms with van der Waals surface area (Å²) in [5, 5.41) is 6.68. The molecule has 1 amide bonds. The average Bonchev–Trinajstić information content (AvgIpc) is 3.16. The minimum atomic E-state index is -0.639. The normalized spacial score (nSPS) is 17.2. The molecule has 1 atom stereocenters. The molecule has 128 valence electrons. The number of benzene rings is 1. The predicted molar refractivity (Wildman–Crippen MR) is 81.3 cm³/mol. The molecule has 1 N–H and O–H groups in total. The molecule has 1 aromatic heterocycles. The largest absolute Gasteiger partial charge is 0.381 e. The number of ether oxygens (including phenoxy) is 1. The van der Waals surface area contributed by atoms with Gasteiger partial charge in [0.1, 0.15) is 17.4 Å². The zero-order chi connectivity index (χ0) is 16.9. The molecule has 1 unspecified atom stereocenters. The third-order valence-corrected chi connectivity index (χ3v) is 3.86. The van der Waals surface area contributed by atoms with E-state index < -0.39 is 11.6 Å². The first-order valence-corrected chi connectivity index (χ1v) is 7.82. The molecular formula is C17H18F2N2O3. The van der Waals surface area contributed by atoms with E-state index in [0.29, 0.717) is 36.1 Å². The zero-order valence-corrected chi connectivity index (χ0v) is 13.1. The smallest absolute Gasteiger partial charge is 0.226 e. The summed E-state index contributed by atoms with van der Waals surface area (Å²) in [6.45, 7) is 2.01. The van der Waals surface area contributed by atoms with Gasteiger partial charge in [-0.05, 0) is 24.1 Å². The van der Waals surface area contributed by atoms with Gasteiger partial charge in [-0.1, -0.05) is 5.16 Å². The van der Waals surface area contributed by atoms with E-state index in [0.717, 1.165) is 19.1 Å². The van der Waals surface area contributed by atoms with Crippen molar-refractivity contribution in [1.82, 2.24) is 10.5 Å². The van der Waals surface area contributed by atoms with Gasteiger partial charge in [-0.15, -0.1) is 0 Å². The Kier molecular flexibility index (Phi) is 5.20. The van der Waals surface area contributed by atoms with Gasteiger partial charge in [-0.2, -0.15) is 0 Å². The van der Waals surface area contributed by atoms with E-state index in [1.54, 1.807) is 6.07 Å². The second-order valence-electron chi connectivity index (χ2n) is 5.95. The lowest BCUT2D eigenvalue weighted by atomic mass is 10.1. The highest BCUT2D eigenvalue weighted by Crippen LogP contribution is 2.15. The van der Waals surface area contributed by atoms with Crippen molar-refractivity contribution in [2.75, 3.05) is 19.8 Å². The SMILES string of the molecule is O=C(Cc1cc(Cc2cc(F)cc(F)c2)on1)NCC1CCOC1. The maximum atomic E-state index is 13.2. The monoisotopic (exact) mass is 336 g/mol. The van der Waals surface area contributed by atoms with Crippen LogP contribution in [-0.2, 0) is 22.4 Å². The Balaban J connectivity index is 1.52. The second kappa shape index (κ2) is 7.53. The molecule has 1 saturated heterocycles. The van der Waals surface area contributed by atoms with Crippen molar-refractivity contribution >= 4 is 5.91 Å². The van der Waals surface area contributed by atoms with Gasteiger partial charge in [0.25, 0.3) is 0 Å². The van der Waals surface area contributed by atoms with Crippen LogP contribution < -0.4 is 5.32 Å². The van der Waals surface area contributed by atoms with E-state index >= 15 is 0 Å². The van der Waals surface area contributed by atoms with Crippen LogP contribution in [0.1, 0.15) is 23.4 Å². The molecule has 0 saturated carbocycles. The van der Waals surface area contributed by atoms with Gasteiger partial charge in [-0.25, -0.2) is 8.78 Å². The Hall–Kier alpha value is -2.28. The van der Waals surface area contributed by atoms with Crippen LogP contribution in [0.5, 0.6) is 0 Å². The number of halogens is 2. The van der Waals surface area contributed by atoms with Gasteiger partial charge in [-0.3, -0.25) is 4.79 Å². The lowest BCUT2D eigenvalue weighted by molar-refractivity contribution is -0.120. The number of carbonyl (C=O) groups excluding carboxylic acids is 1. The lowest BCUT2D eigenvalue weighted by Crippen LogP contribution is -2.30. The van der Waals surface area contributed by atoms with Crippen molar-refractivity contribution in [2.24, 2.45) is 5.92 Å². The Labute approximate surface area is 138 Å². The number of nitrogens with zero attached hydrogens (tertiary/aromatic N) is 1. The lowest BCUT2D eigenvalue weighted by Gasteiger charge is -2.08. The van der Waals surface area contributed by atoms with Gasteiger partial charge >= 0.3 is 0 Å². The minimum Gasteiger partial charge on any atom is -0.381 e. The van der Waals surface area contributed by atoms with Crippen molar-refractivity contribution < 1.29 is 22.8 Å². The average molecular weight is 336 g/mol. The Morgan fingerprint density at radius 2 is 2.04 bits per heavy atom. The van der Waals surface area contributed by atoms with Crippen LogP contribution in [-0.4, -0.2) is 30.8 Å². The van der Waals surface area contributed by atoms with E-state index in [4.69, 9.17) is 9.26 Å². The summed E-state index contributed by atoms with van der Waals surface area (Å²) >= 11 is 0. The standard InChI is InChI=1S/C17H18F2N2O3/c18-13-3-12(4-14(19)6-13)5-16-7-15(21-24-16)8-17(22)20-9-11-1-2-23-10-11/h3-4,6-7,11H,1-2,5,8-10H2,(H,20,22). The summed E-state index contributed by atoms with van der Waals surface area (Å²) in [5.74, 6) is -0.602.